The van der Waals surface area contributed by atoms with Crippen LogP contribution in [0.15, 0.2) is 18.2 Å². The fraction of sp³-hybridized carbons (Fsp3) is 0.333. The van der Waals surface area contributed by atoms with E-state index in [4.69, 9.17) is 23.2 Å². The van der Waals surface area contributed by atoms with Gasteiger partial charge in [0.05, 0.1) is 22.0 Å². The van der Waals surface area contributed by atoms with E-state index in [0.717, 1.165) is 0 Å². The monoisotopic (exact) mass is 454 g/mol. The summed E-state index contributed by atoms with van der Waals surface area (Å²) in [5.41, 5.74) is 4.16. The van der Waals surface area contributed by atoms with E-state index in [2.05, 4.69) is 20.8 Å². The number of nitrogens with zero attached hydrogens (tertiary/aromatic N) is 4. The van der Waals surface area contributed by atoms with Crippen LogP contribution in [-0.2, 0) is 10.2 Å². The van der Waals surface area contributed by atoms with E-state index < -0.39 is 22.6 Å². The fourth-order valence-electron chi connectivity index (χ4n) is 4.88. The Bertz CT molecular complexity index is 1230. The van der Waals surface area contributed by atoms with Crippen molar-refractivity contribution in [3.63, 3.8) is 0 Å². The molecule has 31 heavy (non-hydrogen) atoms. The van der Waals surface area contributed by atoms with Gasteiger partial charge < -0.3 is 0 Å². The molecule has 2 aliphatic carbocycles. The average molecular weight is 455 g/mol. The number of rotatable bonds is 2. The summed E-state index contributed by atoms with van der Waals surface area (Å²) in [6.07, 6.45) is 1.16. The van der Waals surface area contributed by atoms with Gasteiger partial charge in [-0.05, 0) is 36.5 Å². The zero-order valence-corrected chi connectivity index (χ0v) is 18.1. The molecule has 1 saturated carbocycles. The third-order valence-corrected chi connectivity index (χ3v) is 7.05. The molecular weight excluding hydrogens is 439 g/mol. The molecule has 2 aromatic rings. The van der Waals surface area contributed by atoms with Crippen LogP contribution >= 0.6 is 23.2 Å². The normalized spacial score (nSPS) is 22.2. The topological polar surface area (TPSA) is 132 Å². The van der Waals surface area contributed by atoms with E-state index in [1.54, 1.807) is 0 Å². The van der Waals surface area contributed by atoms with Crippen LogP contribution in [0.3, 0.4) is 0 Å². The molecule has 1 fully saturated rings. The first kappa shape index (κ1) is 21.0. The summed E-state index contributed by atoms with van der Waals surface area (Å²) >= 11 is 11.9. The Hall–Kier alpha value is -3.20. The van der Waals surface area contributed by atoms with Gasteiger partial charge in [-0.15, -0.1) is 0 Å². The first-order valence-corrected chi connectivity index (χ1v) is 10.2. The van der Waals surface area contributed by atoms with Crippen molar-refractivity contribution >= 4 is 35.0 Å². The second-order valence-corrected chi connectivity index (χ2v) is 8.97. The Balaban J connectivity index is 1.67. The minimum Gasteiger partial charge on any atom is -0.272 e. The lowest BCUT2D eigenvalue weighted by Gasteiger charge is -2.36. The van der Waals surface area contributed by atoms with Gasteiger partial charge in [0.2, 0.25) is 0 Å². The largest absolute Gasteiger partial charge is 0.272 e. The number of nitrogens with one attached hydrogen (secondary N) is 2. The number of hydrazine groups is 1. The molecule has 10 heteroatoms. The van der Waals surface area contributed by atoms with Crippen molar-refractivity contribution in [2.24, 2.45) is 5.41 Å². The highest BCUT2D eigenvalue weighted by molar-refractivity contribution is 6.36. The van der Waals surface area contributed by atoms with Crippen molar-refractivity contribution in [3.8, 4) is 12.1 Å². The molecular formula is C21H16Cl2N6O2. The Labute approximate surface area is 188 Å². The van der Waals surface area contributed by atoms with Crippen LogP contribution in [0.2, 0.25) is 10.0 Å². The van der Waals surface area contributed by atoms with Crippen LogP contribution in [-0.4, -0.2) is 21.8 Å². The molecule has 0 saturated heterocycles. The molecule has 1 aromatic carbocycles. The Kier molecular flexibility index (Phi) is 4.88. The summed E-state index contributed by atoms with van der Waals surface area (Å²) in [7, 11) is 0. The highest BCUT2D eigenvalue weighted by Gasteiger charge is 2.68. The van der Waals surface area contributed by atoms with Gasteiger partial charge in [-0.1, -0.05) is 37.0 Å². The van der Waals surface area contributed by atoms with E-state index >= 15 is 0 Å². The molecule has 2 N–H and O–H groups in total. The SMILES string of the molecule is CC1(C)C2CCC1(C(=O)NNC(=O)c1ccc(Cl)cc1Cl)c1nc(C#N)c(C#N)nc12. The Morgan fingerprint density at radius 1 is 1.13 bits per heavy atom. The van der Waals surface area contributed by atoms with Crippen LogP contribution < -0.4 is 10.9 Å². The van der Waals surface area contributed by atoms with Gasteiger partial charge in [0.25, 0.3) is 11.8 Å². The number of carbonyl (C=O) groups excluding carboxylic acids is 2. The van der Waals surface area contributed by atoms with Crippen LogP contribution in [0.5, 0.6) is 0 Å². The number of benzene rings is 1. The Morgan fingerprint density at radius 3 is 2.45 bits per heavy atom. The van der Waals surface area contributed by atoms with Crippen molar-refractivity contribution in [1.82, 2.24) is 20.8 Å². The van der Waals surface area contributed by atoms with Crippen molar-refractivity contribution < 1.29 is 9.59 Å². The average Bonchev–Trinajstić information content (AvgIpc) is 3.11. The number of fused-ring (bicyclic) bond motifs is 5. The minimum absolute atomic E-state index is 0.0501. The first-order chi connectivity index (χ1) is 14.7. The number of halogens is 2. The van der Waals surface area contributed by atoms with Crippen LogP contribution in [0, 0.1) is 28.1 Å². The quantitative estimate of drug-likeness (QED) is 0.669. The zero-order chi connectivity index (χ0) is 22.6. The third kappa shape index (κ3) is 2.87. The maximum absolute atomic E-state index is 13.4. The van der Waals surface area contributed by atoms with Gasteiger partial charge in [0.15, 0.2) is 11.4 Å². The van der Waals surface area contributed by atoms with Crippen LogP contribution in [0.1, 0.15) is 65.7 Å². The van der Waals surface area contributed by atoms with Gasteiger partial charge in [0, 0.05) is 10.9 Å². The van der Waals surface area contributed by atoms with E-state index in [1.807, 2.05) is 26.0 Å². The summed E-state index contributed by atoms with van der Waals surface area (Å²) in [5.74, 6) is -1.15. The highest BCUT2D eigenvalue weighted by Crippen LogP contribution is 2.67. The van der Waals surface area contributed by atoms with Crippen molar-refractivity contribution in [1.29, 1.82) is 10.5 Å². The first-order valence-electron chi connectivity index (χ1n) is 9.46. The maximum Gasteiger partial charge on any atom is 0.271 e. The molecule has 2 unspecified atom stereocenters. The highest BCUT2D eigenvalue weighted by atomic mass is 35.5. The van der Waals surface area contributed by atoms with E-state index in [-0.39, 0.29) is 27.9 Å². The lowest BCUT2D eigenvalue weighted by Crippen LogP contribution is -2.55. The summed E-state index contributed by atoms with van der Waals surface area (Å²) in [6.45, 7) is 3.87. The Morgan fingerprint density at radius 2 is 1.81 bits per heavy atom. The molecule has 2 aliphatic rings. The van der Waals surface area contributed by atoms with E-state index in [1.165, 1.54) is 18.2 Å². The zero-order valence-electron chi connectivity index (χ0n) is 16.6. The minimum atomic E-state index is -1.10. The summed E-state index contributed by atoms with van der Waals surface area (Å²) in [4.78, 5) is 34.7. The molecule has 0 radical (unpaired) electrons. The second-order valence-electron chi connectivity index (χ2n) is 8.13. The van der Waals surface area contributed by atoms with E-state index in [0.29, 0.717) is 29.3 Å². The number of nitriles is 2. The van der Waals surface area contributed by atoms with Gasteiger partial charge in [-0.2, -0.15) is 10.5 Å². The predicted octanol–water partition coefficient (Wildman–Crippen LogP) is 3.14. The van der Waals surface area contributed by atoms with Crippen LogP contribution in [0.4, 0.5) is 0 Å². The third-order valence-electron chi connectivity index (χ3n) is 6.50. The molecule has 0 aliphatic heterocycles. The molecule has 1 aromatic heterocycles. The summed E-state index contributed by atoms with van der Waals surface area (Å²) in [6, 6.07) is 8.19. The van der Waals surface area contributed by atoms with E-state index in [9.17, 15) is 20.1 Å². The molecule has 156 valence electrons. The summed E-state index contributed by atoms with van der Waals surface area (Å²) in [5, 5.41) is 19.2. The molecule has 0 spiro atoms. The van der Waals surface area contributed by atoms with Crippen molar-refractivity contribution in [3.05, 3.63) is 56.6 Å². The molecule has 8 nitrogen and oxygen atoms in total. The van der Waals surface area contributed by atoms with Gasteiger partial charge in [-0.3, -0.25) is 20.4 Å². The number of hydrogen-bond donors (Lipinski definition) is 2. The molecule has 4 rings (SSSR count). The van der Waals surface area contributed by atoms with Gasteiger partial charge in [-0.25, -0.2) is 9.97 Å². The number of aromatic nitrogens is 2. The smallest absolute Gasteiger partial charge is 0.271 e. The number of amides is 2. The second kappa shape index (κ2) is 7.19. The summed E-state index contributed by atoms with van der Waals surface area (Å²) < 4.78 is 0. The van der Waals surface area contributed by atoms with Gasteiger partial charge >= 0.3 is 0 Å². The van der Waals surface area contributed by atoms with Crippen molar-refractivity contribution in [2.75, 3.05) is 0 Å². The van der Waals surface area contributed by atoms with Crippen molar-refractivity contribution in [2.45, 2.75) is 38.0 Å². The fourth-order valence-corrected chi connectivity index (χ4v) is 5.37. The molecule has 2 atom stereocenters. The molecule has 1 heterocycles. The maximum atomic E-state index is 13.4. The molecule has 2 bridgehead atoms. The number of carbonyl (C=O) groups is 2. The lowest BCUT2D eigenvalue weighted by atomic mass is 9.68. The number of hydrogen-bond acceptors (Lipinski definition) is 6. The predicted molar refractivity (Wildman–Crippen MR) is 111 cm³/mol. The standard InChI is InChI=1S/C21H16Cl2N6O2/c1-20(2)12-5-6-21(20,17-16(12)26-14(8-24)15(9-25)27-17)19(31)29-28-18(30)11-4-3-10(22)7-13(11)23/h3-4,7,12H,5-6H2,1-2H3,(H,28,30)(H,29,31). The lowest BCUT2D eigenvalue weighted by molar-refractivity contribution is -0.130. The van der Waals surface area contributed by atoms with Gasteiger partial charge in [0.1, 0.15) is 17.6 Å². The van der Waals surface area contributed by atoms with Crippen LogP contribution in [0.25, 0.3) is 0 Å². The molecule has 2 amide bonds.